The van der Waals surface area contributed by atoms with E-state index in [2.05, 4.69) is 9.51 Å². The molecule has 0 aliphatic heterocycles. The van der Waals surface area contributed by atoms with Gasteiger partial charge in [0.1, 0.15) is 24.0 Å². The summed E-state index contributed by atoms with van der Waals surface area (Å²) < 4.78 is 16.3. The molecule has 0 amide bonds. The Morgan fingerprint density at radius 2 is 1.55 bits per heavy atom. The number of aromatic nitrogens is 4. The third kappa shape index (κ3) is 6.78. The number of aliphatic hydroxyl groups excluding tert-OH is 4. The number of H-pyrrole nitrogens is 2. The van der Waals surface area contributed by atoms with E-state index in [0.29, 0.717) is 11.0 Å². The molecule has 33 heavy (non-hydrogen) atoms. The Morgan fingerprint density at radius 3 is 2.15 bits per heavy atom. The molecule has 0 unspecified atom stereocenters. The number of aromatic amines is 2. The maximum absolute atomic E-state index is 12.7. The van der Waals surface area contributed by atoms with Crippen LogP contribution in [0.25, 0.3) is 11.2 Å². The van der Waals surface area contributed by atoms with E-state index in [4.69, 9.17) is 14.9 Å². The SMILES string of the molecule is O=c1[nH]c(=O)c2c([nH]1)n(C[C@H](O)[C@H](O)[C@H](O)CO)c(=O)c(=O)n2CCCCCOP(=O)(O)O. The molecule has 2 aromatic heterocycles. The van der Waals surface area contributed by atoms with Crippen molar-refractivity contribution in [3.63, 3.8) is 0 Å². The third-order valence-electron chi connectivity index (χ3n) is 4.74. The molecule has 0 spiro atoms. The normalized spacial score (nSPS) is 15.0. The van der Waals surface area contributed by atoms with Crippen LogP contribution in [-0.2, 0) is 22.2 Å². The van der Waals surface area contributed by atoms with Crippen molar-refractivity contribution in [2.75, 3.05) is 13.2 Å². The predicted molar refractivity (Wildman–Crippen MR) is 111 cm³/mol. The molecule has 3 atom stereocenters. The Labute approximate surface area is 183 Å². The maximum atomic E-state index is 12.7. The van der Waals surface area contributed by atoms with E-state index in [1.165, 1.54) is 0 Å². The van der Waals surface area contributed by atoms with Crippen LogP contribution >= 0.6 is 7.82 Å². The van der Waals surface area contributed by atoms with E-state index in [1.54, 1.807) is 0 Å². The van der Waals surface area contributed by atoms with Gasteiger partial charge in [0.2, 0.25) is 0 Å². The van der Waals surface area contributed by atoms with E-state index in [1.807, 2.05) is 4.98 Å². The number of hydrogen-bond donors (Lipinski definition) is 8. The third-order valence-corrected chi connectivity index (χ3v) is 5.26. The zero-order valence-corrected chi connectivity index (χ0v) is 18.1. The molecule has 0 saturated heterocycles. The van der Waals surface area contributed by atoms with Crippen molar-refractivity contribution in [3.8, 4) is 0 Å². The molecular weight excluding hydrogens is 471 g/mol. The van der Waals surface area contributed by atoms with Crippen LogP contribution in [0, 0.1) is 0 Å². The molecule has 2 rings (SSSR count). The highest BCUT2D eigenvalue weighted by atomic mass is 31.2. The van der Waals surface area contributed by atoms with Gasteiger partial charge in [0, 0.05) is 6.54 Å². The fourth-order valence-corrected chi connectivity index (χ4v) is 3.49. The second kappa shape index (κ2) is 11.1. The minimum Gasteiger partial charge on any atom is -0.394 e. The summed E-state index contributed by atoms with van der Waals surface area (Å²) in [6.07, 6.45) is -4.78. The first-order valence-electron chi connectivity index (χ1n) is 9.72. The Balaban J connectivity index is 2.40. The smallest absolute Gasteiger partial charge is 0.394 e. The van der Waals surface area contributed by atoms with Gasteiger partial charge in [0.25, 0.3) is 5.56 Å². The number of aryl methyl sites for hydroxylation is 1. The van der Waals surface area contributed by atoms with Crippen LogP contribution in [0.5, 0.6) is 0 Å². The Hall–Kier alpha value is -2.43. The summed E-state index contributed by atoms with van der Waals surface area (Å²) in [5.41, 5.74) is -5.23. The maximum Gasteiger partial charge on any atom is 0.469 e. The summed E-state index contributed by atoms with van der Waals surface area (Å²) in [6, 6.07) is 0. The number of phosphoric acid groups is 1. The number of unbranched alkanes of at least 4 members (excludes halogenated alkanes) is 2. The zero-order valence-electron chi connectivity index (χ0n) is 17.2. The van der Waals surface area contributed by atoms with Crippen LogP contribution in [0.1, 0.15) is 19.3 Å². The molecule has 2 heterocycles. The van der Waals surface area contributed by atoms with Crippen LogP contribution in [-0.4, -0.2) is 80.8 Å². The molecule has 0 aliphatic carbocycles. The molecule has 16 nitrogen and oxygen atoms in total. The Kier molecular flexibility index (Phi) is 9.04. The van der Waals surface area contributed by atoms with Crippen LogP contribution in [0.4, 0.5) is 0 Å². The first-order chi connectivity index (χ1) is 15.4. The summed E-state index contributed by atoms with van der Waals surface area (Å²) in [6.45, 7) is -2.10. The highest BCUT2D eigenvalue weighted by Crippen LogP contribution is 2.35. The monoisotopic (exact) mass is 496 g/mol. The zero-order chi connectivity index (χ0) is 24.9. The van der Waals surface area contributed by atoms with Crippen molar-refractivity contribution in [2.45, 2.75) is 50.7 Å². The molecule has 0 aliphatic rings. The summed E-state index contributed by atoms with van der Waals surface area (Å²) in [5.74, 6) is 0. The second-order valence-electron chi connectivity index (χ2n) is 7.17. The van der Waals surface area contributed by atoms with Crippen LogP contribution < -0.4 is 22.4 Å². The number of phosphoric ester groups is 1. The van der Waals surface area contributed by atoms with Gasteiger partial charge in [-0.1, -0.05) is 0 Å². The van der Waals surface area contributed by atoms with Crippen molar-refractivity contribution >= 4 is 19.0 Å². The summed E-state index contributed by atoms with van der Waals surface area (Å²) in [4.78, 5) is 70.9. The van der Waals surface area contributed by atoms with Crippen molar-refractivity contribution in [3.05, 3.63) is 41.5 Å². The van der Waals surface area contributed by atoms with Gasteiger partial charge in [-0.15, -0.1) is 0 Å². The minimum atomic E-state index is -4.61. The largest absolute Gasteiger partial charge is 0.469 e. The van der Waals surface area contributed by atoms with Crippen LogP contribution in [0.15, 0.2) is 19.2 Å². The second-order valence-corrected chi connectivity index (χ2v) is 8.41. The molecule has 0 fully saturated rings. The number of aliphatic hydroxyl groups is 4. The molecule has 8 N–H and O–H groups in total. The average molecular weight is 496 g/mol. The Morgan fingerprint density at radius 1 is 0.909 bits per heavy atom. The van der Waals surface area contributed by atoms with E-state index in [0.717, 1.165) is 4.57 Å². The van der Waals surface area contributed by atoms with E-state index < -0.39 is 72.8 Å². The van der Waals surface area contributed by atoms with Crippen molar-refractivity contribution < 1.29 is 39.3 Å². The summed E-state index contributed by atoms with van der Waals surface area (Å²) in [7, 11) is -4.61. The van der Waals surface area contributed by atoms with Gasteiger partial charge in [-0.25, -0.2) is 9.36 Å². The number of nitrogens with one attached hydrogen (secondary N) is 2. The van der Waals surface area contributed by atoms with Gasteiger partial charge in [0.05, 0.1) is 19.8 Å². The van der Waals surface area contributed by atoms with Gasteiger partial charge in [0.15, 0.2) is 5.52 Å². The lowest BCUT2D eigenvalue weighted by atomic mass is 10.1. The van der Waals surface area contributed by atoms with Crippen molar-refractivity contribution in [2.24, 2.45) is 0 Å². The molecule has 0 bridgehead atoms. The quantitative estimate of drug-likeness (QED) is 0.0792. The molecule has 2 aromatic rings. The first kappa shape index (κ1) is 26.8. The fourth-order valence-electron chi connectivity index (χ4n) is 3.13. The van der Waals surface area contributed by atoms with E-state index in [9.17, 15) is 39.1 Å². The molecule has 17 heteroatoms. The van der Waals surface area contributed by atoms with Crippen molar-refractivity contribution in [1.29, 1.82) is 0 Å². The Bertz CT molecular complexity index is 1240. The molecule has 0 saturated carbocycles. The molecule has 0 aromatic carbocycles. The molecule has 186 valence electrons. The minimum absolute atomic E-state index is 0.162. The van der Waals surface area contributed by atoms with Gasteiger partial charge >= 0.3 is 24.6 Å². The number of rotatable bonds is 12. The van der Waals surface area contributed by atoms with Gasteiger partial charge < -0.3 is 30.2 Å². The number of nitrogens with zero attached hydrogens (tertiary/aromatic N) is 2. The van der Waals surface area contributed by atoms with Gasteiger partial charge in [-0.05, 0) is 19.3 Å². The standard InChI is InChI=1S/C16H25N4O12P/c21-7-9(23)11(24)8(22)6-20-12-10(13(25)18-16(28)17-12)19(14(26)15(20)27)4-2-1-3-5-32-33(29,30)31/h8-9,11,21-24H,1-7H2,(H2,29,30,31)(H2,17,18,25,28)/t8-,9+,11-/m0/s1. The molecular formula is C16H25N4O12P. The van der Waals surface area contributed by atoms with E-state index >= 15 is 0 Å². The van der Waals surface area contributed by atoms with Crippen LogP contribution in [0.2, 0.25) is 0 Å². The van der Waals surface area contributed by atoms with Crippen LogP contribution in [0.3, 0.4) is 0 Å². The lowest BCUT2D eigenvalue weighted by Crippen LogP contribution is -2.48. The highest BCUT2D eigenvalue weighted by molar-refractivity contribution is 7.46. The lowest BCUT2D eigenvalue weighted by molar-refractivity contribution is -0.0806. The average Bonchev–Trinajstić information content (AvgIpc) is 2.73. The fraction of sp³-hybridized carbons (Fsp3) is 0.625. The van der Waals surface area contributed by atoms with E-state index in [-0.39, 0.29) is 26.0 Å². The summed E-state index contributed by atoms with van der Waals surface area (Å²) >= 11 is 0. The first-order valence-corrected chi connectivity index (χ1v) is 11.3. The van der Waals surface area contributed by atoms with Gasteiger partial charge in [-0.2, -0.15) is 0 Å². The highest BCUT2D eigenvalue weighted by Gasteiger charge is 2.27. The van der Waals surface area contributed by atoms with Gasteiger partial charge in [-0.3, -0.25) is 38.0 Å². The lowest BCUT2D eigenvalue weighted by Gasteiger charge is -2.23. The van der Waals surface area contributed by atoms with Crippen molar-refractivity contribution in [1.82, 2.24) is 19.1 Å². The number of hydrogen-bond acceptors (Lipinski definition) is 10. The predicted octanol–water partition coefficient (Wildman–Crippen LogP) is -4.11. The number of fused-ring (bicyclic) bond motifs is 1. The topological polar surface area (TPSA) is 257 Å². The summed E-state index contributed by atoms with van der Waals surface area (Å²) in [5, 5.41) is 38.3. The molecule has 0 radical (unpaired) electrons.